The average Bonchev–Trinajstić information content (AvgIpc) is 2.66. The van der Waals surface area contributed by atoms with Gasteiger partial charge in [-0.15, -0.1) is 0 Å². The number of rotatable bonds is 3. The number of benzene rings is 1. The largest absolute Gasteiger partial charge is 0.478 e. The summed E-state index contributed by atoms with van der Waals surface area (Å²) in [5.74, 6) is -1.99. The van der Waals surface area contributed by atoms with Crippen LogP contribution in [0.4, 0.5) is 4.39 Å². The molecule has 88 valence electrons. The van der Waals surface area contributed by atoms with E-state index in [0.29, 0.717) is 12.1 Å². The van der Waals surface area contributed by atoms with E-state index in [-0.39, 0.29) is 5.56 Å². The number of halogens is 1. The van der Waals surface area contributed by atoms with E-state index in [1.54, 1.807) is 16.9 Å². The van der Waals surface area contributed by atoms with Crippen molar-refractivity contribution in [1.29, 1.82) is 0 Å². The standard InChI is InChI=1S/C12H11FN2O2/c1-8-4-5-15(14-8)7-9-2-3-11(13)10(6-9)12(16)17/h2-6H,7H2,1H3,(H,16,17). The lowest BCUT2D eigenvalue weighted by atomic mass is 10.1. The highest BCUT2D eigenvalue weighted by Gasteiger charge is 2.10. The first-order valence-corrected chi connectivity index (χ1v) is 5.08. The van der Waals surface area contributed by atoms with E-state index in [2.05, 4.69) is 5.10 Å². The second kappa shape index (κ2) is 4.37. The van der Waals surface area contributed by atoms with Crippen LogP contribution in [0, 0.1) is 12.7 Å². The van der Waals surface area contributed by atoms with Crippen LogP contribution >= 0.6 is 0 Å². The lowest BCUT2D eigenvalue weighted by molar-refractivity contribution is 0.0691. The Hall–Kier alpha value is -2.17. The van der Waals surface area contributed by atoms with Gasteiger partial charge in [0.05, 0.1) is 17.8 Å². The lowest BCUT2D eigenvalue weighted by Gasteiger charge is -2.04. The average molecular weight is 234 g/mol. The Balaban J connectivity index is 2.28. The summed E-state index contributed by atoms with van der Waals surface area (Å²) >= 11 is 0. The van der Waals surface area contributed by atoms with E-state index in [1.807, 2.05) is 13.0 Å². The Morgan fingerprint density at radius 3 is 2.82 bits per heavy atom. The smallest absolute Gasteiger partial charge is 0.338 e. The van der Waals surface area contributed by atoms with E-state index in [9.17, 15) is 9.18 Å². The highest BCUT2D eigenvalue weighted by Crippen LogP contribution is 2.12. The fraction of sp³-hybridized carbons (Fsp3) is 0.167. The summed E-state index contributed by atoms with van der Waals surface area (Å²) in [7, 11) is 0. The van der Waals surface area contributed by atoms with Crippen LogP contribution in [0.5, 0.6) is 0 Å². The van der Waals surface area contributed by atoms with Gasteiger partial charge in [-0.05, 0) is 30.7 Å². The molecule has 4 nitrogen and oxygen atoms in total. The molecule has 0 amide bonds. The van der Waals surface area contributed by atoms with Gasteiger partial charge in [-0.2, -0.15) is 5.10 Å². The summed E-state index contributed by atoms with van der Waals surface area (Å²) in [6.07, 6.45) is 1.79. The molecule has 1 aromatic carbocycles. The monoisotopic (exact) mass is 234 g/mol. The third-order valence-corrected chi connectivity index (χ3v) is 2.38. The summed E-state index contributed by atoms with van der Waals surface area (Å²) in [5.41, 5.74) is 1.27. The third-order valence-electron chi connectivity index (χ3n) is 2.38. The molecule has 0 unspecified atom stereocenters. The Morgan fingerprint density at radius 1 is 1.47 bits per heavy atom. The Morgan fingerprint density at radius 2 is 2.24 bits per heavy atom. The Bertz CT molecular complexity index is 563. The molecular weight excluding hydrogens is 223 g/mol. The van der Waals surface area contributed by atoms with Crippen molar-refractivity contribution < 1.29 is 14.3 Å². The quantitative estimate of drug-likeness (QED) is 0.884. The van der Waals surface area contributed by atoms with Crippen molar-refractivity contribution in [2.45, 2.75) is 13.5 Å². The van der Waals surface area contributed by atoms with Gasteiger partial charge in [-0.25, -0.2) is 9.18 Å². The molecule has 1 heterocycles. The van der Waals surface area contributed by atoms with E-state index >= 15 is 0 Å². The maximum absolute atomic E-state index is 13.2. The summed E-state index contributed by atoms with van der Waals surface area (Å²) in [6.45, 7) is 2.29. The van der Waals surface area contributed by atoms with Gasteiger partial charge < -0.3 is 5.11 Å². The molecule has 0 atom stereocenters. The number of aromatic carboxylic acids is 1. The van der Waals surface area contributed by atoms with Gasteiger partial charge in [0.1, 0.15) is 5.82 Å². The number of carboxylic acid groups (broad SMARTS) is 1. The molecule has 0 saturated carbocycles. The molecule has 17 heavy (non-hydrogen) atoms. The molecule has 0 aliphatic carbocycles. The first-order chi connectivity index (χ1) is 8.06. The van der Waals surface area contributed by atoms with E-state index in [1.165, 1.54) is 6.07 Å². The van der Waals surface area contributed by atoms with Crippen LogP contribution in [0.2, 0.25) is 0 Å². The zero-order valence-corrected chi connectivity index (χ0v) is 9.22. The van der Waals surface area contributed by atoms with Crippen molar-refractivity contribution in [3.05, 3.63) is 53.1 Å². The summed E-state index contributed by atoms with van der Waals surface area (Å²) in [4.78, 5) is 10.8. The molecule has 2 rings (SSSR count). The van der Waals surface area contributed by atoms with Crippen LogP contribution in [-0.4, -0.2) is 20.9 Å². The maximum atomic E-state index is 13.2. The van der Waals surface area contributed by atoms with Crippen molar-refractivity contribution in [3.8, 4) is 0 Å². The van der Waals surface area contributed by atoms with Crippen LogP contribution in [0.3, 0.4) is 0 Å². The van der Waals surface area contributed by atoms with Crippen molar-refractivity contribution >= 4 is 5.97 Å². The molecular formula is C12H11FN2O2. The fourth-order valence-corrected chi connectivity index (χ4v) is 1.57. The highest BCUT2D eigenvalue weighted by molar-refractivity contribution is 5.88. The summed E-state index contributed by atoms with van der Waals surface area (Å²) in [5, 5.41) is 13.0. The van der Waals surface area contributed by atoms with E-state index in [0.717, 1.165) is 11.8 Å². The third kappa shape index (κ3) is 2.50. The van der Waals surface area contributed by atoms with Gasteiger partial charge in [0.2, 0.25) is 0 Å². The first kappa shape index (κ1) is 11.3. The Labute approximate surface area is 97.3 Å². The minimum atomic E-state index is -1.26. The highest BCUT2D eigenvalue weighted by atomic mass is 19.1. The first-order valence-electron chi connectivity index (χ1n) is 5.08. The molecule has 2 aromatic rings. The molecule has 0 radical (unpaired) electrons. The molecule has 5 heteroatoms. The van der Waals surface area contributed by atoms with Crippen LogP contribution in [-0.2, 0) is 6.54 Å². The lowest BCUT2D eigenvalue weighted by Crippen LogP contribution is -2.05. The SMILES string of the molecule is Cc1ccn(Cc2ccc(F)c(C(=O)O)c2)n1. The maximum Gasteiger partial charge on any atom is 0.338 e. The van der Waals surface area contributed by atoms with Crippen LogP contribution in [0.25, 0.3) is 0 Å². The van der Waals surface area contributed by atoms with Crippen molar-refractivity contribution in [1.82, 2.24) is 9.78 Å². The zero-order valence-electron chi connectivity index (χ0n) is 9.22. The molecule has 0 aliphatic heterocycles. The number of aromatic nitrogens is 2. The number of carbonyl (C=O) groups is 1. The molecule has 0 fully saturated rings. The molecule has 0 aliphatic rings. The summed E-state index contributed by atoms with van der Waals surface area (Å²) in [6, 6.07) is 5.89. The molecule has 1 aromatic heterocycles. The van der Waals surface area contributed by atoms with Gasteiger partial charge in [0.25, 0.3) is 0 Å². The molecule has 0 saturated heterocycles. The fourth-order valence-electron chi connectivity index (χ4n) is 1.57. The molecule has 1 N–H and O–H groups in total. The number of hydrogen-bond acceptors (Lipinski definition) is 2. The van der Waals surface area contributed by atoms with Crippen molar-refractivity contribution in [2.24, 2.45) is 0 Å². The van der Waals surface area contributed by atoms with Gasteiger partial charge in [0.15, 0.2) is 0 Å². The number of hydrogen-bond donors (Lipinski definition) is 1. The second-order valence-electron chi connectivity index (χ2n) is 3.77. The number of carboxylic acids is 1. The van der Waals surface area contributed by atoms with Crippen LogP contribution in [0.1, 0.15) is 21.6 Å². The normalized spacial score (nSPS) is 10.5. The zero-order chi connectivity index (χ0) is 12.4. The predicted octanol–water partition coefficient (Wildman–Crippen LogP) is 2.08. The molecule has 0 bridgehead atoms. The van der Waals surface area contributed by atoms with Gasteiger partial charge >= 0.3 is 5.97 Å². The van der Waals surface area contributed by atoms with E-state index < -0.39 is 11.8 Å². The van der Waals surface area contributed by atoms with Crippen molar-refractivity contribution in [3.63, 3.8) is 0 Å². The minimum Gasteiger partial charge on any atom is -0.478 e. The van der Waals surface area contributed by atoms with Crippen LogP contribution in [0.15, 0.2) is 30.5 Å². The van der Waals surface area contributed by atoms with Crippen molar-refractivity contribution in [2.75, 3.05) is 0 Å². The van der Waals surface area contributed by atoms with Crippen LogP contribution < -0.4 is 0 Å². The Kier molecular flexibility index (Phi) is 2.91. The van der Waals surface area contributed by atoms with Gasteiger partial charge in [-0.1, -0.05) is 6.07 Å². The summed E-state index contributed by atoms with van der Waals surface area (Å²) < 4.78 is 14.8. The second-order valence-corrected chi connectivity index (χ2v) is 3.77. The number of nitrogens with zero attached hydrogens (tertiary/aromatic N) is 2. The minimum absolute atomic E-state index is 0.314. The van der Waals surface area contributed by atoms with Gasteiger partial charge in [0, 0.05) is 6.20 Å². The van der Waals surface area contributed by atoms with Gasteiger partial charge in [-0.3, -0.25) is 4.68 Å². The topological polar surface area (TPSA) is 55.1 Å². The number of aryl methyl sites for hydroxylation is 1. The molecule has 0 spiro atoms. The predicted molar refractivity (Wildman–Crippen MR) is 59.4 cm³/mol. The van der Waals surface area contributed by atoms with E-state index in [4.69, 9.17) is 5.11 Å².